The molecule has 1 amide bonds. The summed E-state index contributed by atoms with van der Waals surface area (Å²) < 4.78 is 24.1. The molecule has 0 saturated heterocycles. The summed E-state index contributed by atoms with van der Waals surface area (Å²) in [6.07, 6.45) is 1.08. The number of amides is 1. The van der Waals surface area contributed by atoms with Gasteiger partial charge >= 0.3 is 0 Å². The zero-order valence-electron chi connectivity index (χ0n) is 16.4. The normalized spacial score (nSPS) is 10.7. The Hall–Kier alpha value is -2.77. The Morgan fingerprint density at radius 2 is 1.97 bits per heavy atom. The Morgan fingerprint density at radius 1 is 1.17 bits per heavy atom. The fraction of sp³-hybridized carbons (Fsp3) is 0.273. The van der Waals surface area contributed by atoms with Gasteiger partial charge in [0.25, 0.3) is 0 Å². The van der Waals surface area contributed by atoms with Crippen LogP contribution in [0.25, 0.3) is 10.6 Å². The topological polar surface area (TPSA) is 60.5 Å². The molecule has 0 aliphatic rings. The van der Waals surface area contributed by atoms with E-state index in [0.29, 0.717) is 24.7 Å². The first-order valence-corrected chi connectivity index (χ1v) is 10.2. The minimum atomic E-state index is -0.453. The number of aryl methyl sites for hydroxylation is 1. The Balaban J connectivity index is 1.65. The van der Waals surface area contributed by atoms with Crippen LogP contribution in [0.2, 0.25) is 0 Å². The van der Waals surface area contributed by atoms with Gasteiger partial charge in [0.15, 0.2) is 0 Å². The SMILES string of the molecule is CCc1ccc(-c2nc(CC(=O)Nc3cc(F)ccc3OCCOC)cs2)cc1. The van der Waals surface area contributed by atoms with Crippen LogP contribution < -0.4 is 10.1 Å². The zero-order valence-corrected chi connectivity index (χ0v) is 17.2. The Morgan fingerprint density at radius 3 is 2.69 bits per heavy atom. The van der Waals surface area contributed by atoms with Crippen LogP contribution >= 0.6 is 11.3 Å². The second-order valence-electron chi connectivity index (χ2n) is 6.40. The number of thiazole rings is 1. The van der Waals surface area contributed by atoms with Crippen molar-refractivity contribution in [1.82, 2.24) is 4.98 Å². The number of hydrogen-bond donors (Lipinski definition) is 1. The number of rotatable bonds is 9. The van der Waals surface area contributed by atoms with Crippen LogP contribution in [0.3, 0.4) is 0 Å². The molecule has 5 nitrogen and oxygen atoms in total. The lowest BCUT2D eigenvalue weighted by molar-refractivity contribution is -0.115. The third-order valence-electron chi connectivity index (χ3n) is 4.26. The predicted octanol–water partition coefficient (Wildman–Crippen LogP) is 4.72. The van der Waals surface area contributed by atoms with Gasteiger partial charge in [-0.2, -0.15) is 0 Å². The maximum absolute atomic E-state index is 13.6. The molecule has 0 fully saturated rings. The highest BCUT2D eigenvalue weighted by atomic mass is 32.1. The van der Waals surface area contributed by atoms with E-state index >= 15 is 0 Å². The lowest BCUT2D eigenvalue weighted by Crippen LogP contribution is -2.16. The maximum atomic E-state index is 13.6. The lowest BCUT2D eigenvalue weighted by atomic mass is 10.1. The van der Waals surface area contributed by atoms with Crippen molar-refractivity contribution in [3.8, 4) is 16.3 Å². The van der Waals surface area contributed by atoms with Crippen molar-refractivity contribution in [3.05, 3.63) is 64.9 Å². The summed E-state index contributed by atoms with van der Waals surface area (Å²) in [7, 11) is 1.57. The van der Waals surface area contributed by atoms with Crippen molar-refractivity contribution in [3.63, 3.8) is 0 Å². The molecule has 7 heteroatoms. The number of methoxy groups -OCH3 is 1. The van der Waals surface area contributed by atoms with Crippen molar-refractivity contribution < 1.29 is 18.7 Å². The van der Waals surface area contributed by atoms with Gasteiger partial charge < -0.3 is 14.8 Å². The standard InChI is InChI=1S/C22H23FN2O3S/c1-3-15-4-6-16(7-5-15)22-24-18(14-29-22)13-21(26)25-19-12-17(23)8-9-20(19)28-11-10-27-2/h4-9,12,14H,3,10-11,13H2,1-2H3,(H,25,26). The zero-order chi connectivity index (χ0) is 20.6. The van der Waals surface area contributed by atoms with Gasteiger partial charge in [-0.05, 0) is 24.1 Å². The molecule has 1 heterocycles. The van der Waals surface area contributed by atoms with Crippen molar-refractivity contribution in [1.29, 1.82) is 0 Å². The monoisotopic (exact) mass is 414 g/mol. The smallest absolute Gasteiger partial charge is 0.230 e. The van der Waals surface area contributed by atoms with E-state index in [4.69, 9.17) is 9.47 Å². The molecule has 0 unspecified atom stereocenters. The van der Waals surface area contributed by atoms with E-state index in [1.165, 1.54) is 35.1 Å². The molecule has 29 heavy (non-hydrogen) atoms. The number of carbonyl (C=O) groups is 1. The van der Waals surface area contributed by atoms with Crippen molar-refractivity contribution in [2.75, 3.05) is 25.6 Å². The summed E-state index contributed by atoms with van der Waals surface area (Å²) in [5.41, 5.74) is 3.25. The quantitative estimate of drug-likeness (QED) is 0.515. The Bertz CT molecular complexity index is 957. The molecule has 152 valence electrons. The molecular formula is C22H23FN2O3S. The van der Waals surface area contributed by atoms with Gasteiger partial charge in [-0.1, -0.05) is 31.2 Å². The highest BCUT2D eigenvalue weighted by Crippen LogP contribution is 2.27. The summed E-state index contributed by atoms with van der Waals surface area (Å²) in [6.45, 7) is 2.81. The van der Waals surface area contributed by atoms with Crippen LogP contribution in [0.4, 0.5) is 10.1 Å². The van der Waals surface area contributed by atoms with Crippen LogP contribution in [0, 0.1) is 5.82 Å². The first kappa shape index (κ1) is 21.0. The maximum Gasteiger partial charge on any atom is 0.230 e. The molecule has 0 saturated carbocycles. The Kier molecular flexibility index (Phi) is 7.32. The van der Waals surface area contributed by atoms with E-state index < -0.39 is 5.82 Å². The van der Waals surface area contributed by atoms with Crippen LogP contribution in [0.1, 0.15) is 18.2 Å². The molecule has 0 spiro atoms. The minimum Gasteiger partial charge on any atom is -0.489 e. The second kappa shape index (κ2) is 10.1. The van der Waals surface area contributed by atoms with Crippen molar-refractivity contribution in [2.45, 2.75) is 19.8 Å². The summed E-state index contributed by atoms with van der Waals surface area (Å²) in [6, 6.07) is 12.3. The average Bonchev–Trinajstić information content (AvgIpc) is 3.18. The molecule has 0 aliphatic heterocycles. The number of halogens is 1. The lowest BCUT2D eigenvalue weighted by Gasteiger charge is -2.12. The van der Waals surface area contributed by atoms with E-state index in [-0.39, 0.29) is 18.0 Å². The highest BCUT2D eigenvalue weighted by Gasteiger charge is 2.13. The van der Waals surface area contributed by atoms with E-state index in [2.05, 4.69) is 29.4 Å². The average molecular weight is 415 g/mol. The molecule has 0 bridgehead atoms. The van der Waals surface area contributed by atoms with E-state index in [0.717, 1.165) is 17.0 Å². The highest BCUT2D eigenvalue weighted by molar-refractivity contribution is 7.13. The minimum absolute atomic E-state index is 0.0948. The summed E-state index contributed by atoms with van der Waals surface area (Å²) in [4.78, 5) is 17.0. The molecule has 3 aromatic rings. The third kappa shape index (κ3) is 5.85. The van der Waals surface area contributed by atoms with Gasteiger partial charge in [0.2, 0.25) is 5.91 Å². The number of benzene rings is 2. The van der Waals surface area contributed by atoms with Gasteiger partial charge in [-0.15, -0.1) is 11.3 Å². The summed E-state index contributed by atoms with van der Waals surface area (Å²) in [5.74, 6) is -0.344. The first-order valence-electron chi connectivity index (χ1n) is 9.34. The largest absolute Gasteiger partial charge is 0.489 e. The van der Waals surface area contributed by atoms with Gasteiger partial charge in [0.1, 0.15) is 23.2 Å². The summed E-state index contributed by atoms with van der Waals surface area (Å²) in [5, 5.41) is 5.44. The van der Waals surface area contributed by atoms with Crippen LogP contribution in [-0.2, 0) is 22.4 Å². The predicted molar refractivity (Wildman–Crippen MR) is 113 cm³/mol. The van der Waals surface area contributed by atoms with Gasteiger partial charge in [0.05, 0.1) is 24.4 Å². The number of carbonyl (C=O) groups excluding carboxylic acids is 1. The number of nitrogens with one attached hydrogen (secondary N) is 1. The van der Waals surface area contributed by atoms with Gasteiger partial charge in [0, 0.05) is 24.1 Å². The fourth-order valence-corrected chi connectivity index (χ4v) is 3.55. The number of anilines is 1. The van der Waals surface area contributed by atoms with E-state index in [1.54, 1.807) is 7.11 Å². The van der Waals surface area contributed by atoms with Crippen LogP contribution in [0.5, 0.6) is 5.75 Å². The fourth-order valence-electron chi connectivity index (χ4n) is 2.72. The van der Waals surface area contributed by atoms with Crippen molar-refractivity contribution >= 4 is 22.9 Å². The molecule has 0 atom stereocenters. The molecule has 1 N–H and O–H groups in total. The van der Waals surface area contributed by atoms with Gasteiger partial charge in [-0.25, -0.2) is 9.37 Å². The number of hydrogen-bond acceptors (Lipinski definition) is 5. The molecule has 1 aromatic heterocycles. The Labute approximate surface area is 173 Å². The van der Waals surface area contributed by atoms with Crippen LogP contribution in [-0.4, -0.2) is 31.2 Å². The molecule has 0 radical (unpaired) electrons. The number of ether oxygens (including phenoxy) is 2. The van der Waals surface area contributed by atoms with E-state index in [1.807, 2.05) is 17.5 Å². The molecule has 0 aliphatic carbocycles. The first-order chi connectivity index (χ1) is 14.1. The van der Waals surface area contributed by atoms with E-state index in [9.17, 15) is 9.18 Å². The molecule has 3 rings (SSSR count). The molecule has 2 aromatic carbocycles. The van der Waals surface area contributed by atoms with Crippen LogP contribution in [0.15, 0.2) is 47.8 Å². The van der Waals surface area contributed by atoms with Gasteiger partial charge in [-0.3, -0.25) is 4.79 Å². The third-order valence-corrected chi connectivity index (χ3v) is 5.20. The second-order valence-corrected chi connectivity index (χ2v) is 7.26. The molecular weight excluding hydrogens is 391 g/mol. The number of nitrogens with zero attached hydrogens (tertiary/aromatic N) is 1. The van der Waals surface area contributed by atoms with Crippen molar-refractivity contribution in [2.24, 2.45) is 0 Å². The number of aromatic nitrogens is 1. The summed E-state index contributed by atoms with van der Waals surface area (Å²) >= 11 is 1.49.